The molecule has 0 aliphatic heterocycles. The van der Waals surface area contributed by atoms with Gasteiger partial charge in [-0.3, -0.25) is 10.1 Å². The summed E-state index contributed by atoms with van der Waals surface area (Å²) in [7, 11) is 0. The standard InChI is InChI=1S/C15H13FN6O3/c16-9-3-5-10(6-4-9)19-14-12(22(23)24)13(17)20-15(21-14)18-8-11-2-1-7-25-11/h1-7H,8H2,(H4,17,18,19,20,21). The first-order chi connectivity index (χ1) is 12.0. The van der Waals surface area contributed by atoms with Crippen LogP contribution in [0.3, 0.4) is 0 Å². The van der Waals surface area contributed by atoms with Crippen LogP contribution in [0.5, 0.6) is 0 Å². The molecule has 128 valence electrons. The Morgan fingerprint density at radius 3 is 2.64 bits per heavy atom. The highest BCUT2D eigenvalue weighted by molar-refractivity contribution is 5.74. The molecule has 0 saturated heterocycles. The molecule has 0 spiro atoms. The summed E-state index contributed by atoms with van der Waals surface area (Å²) in [5, 5.41) is 16.9. The van der Waals surface area contributed by atoms with E-state index in [4.69, 9.17) is 10.2 Å². The SMILES string of the molecule is Nc1nc(NCc2ccco2)nc(Nc2ccc(F)cc2)c1[N+](=O)[O-]. The van der Waals surface area contributed by atoms with E-state index < -0.39 is 16.4 Å². The van der Waals surface area contributed by atoms with E-state index in [0.717, 1.165) is 0 Å². The summed E-state index contributed by atoms with van der Waals surface area (Å²) >= 11 is 0. The summed E-state index contributed by atoms with van der Waals surface area (Å²) in [4.78, 5) is 18.5. The highest BCUT2D eigenvalue weighted by Gasteiger charge is 2.23. The Kier molecular flexibility index (Phi) is 4.42. The molecule has 0 saturated carbocycles. The van der Waals surface area contributed by atoms with Gasteiger partial charge in [0.1, 0.15) is 11.6 Å². The van der Waals surface area contributed by atoms with Crippen LogP contribution < -0.4 is 16.4 Å². The van der Waals surface area contributed by atoms with Crippen molar-refractivity contribution in [1.82, 2.24) is 9.97 Å². The number of furan rings is 1. The minimum Gasteiger partial charge on any atom is -0.467 e. The number of benzene rings is 1. The number of hydrogen-bond donors (Lipinski definition) is 3. The molecule has 25 heavy (non-hydrogen) atoms. The van der Waals surface area contributed by atoms with Crippen molar-refractivity contribution in [3.05, 3.63) is 64.4 Å². The van der Waals surface area contributed by atoms with Crippen molar-refractivity contribution < 1.29 is 13.7 Å². The molecule has 0 atom stereocenters. The minimum atomic E-state index is -0.683. The molecule has 1 aromatic carbocycles. The predicted octanol–water partition coefficient (Wildman–Crippen LogP) is 3.05. The smallest absolute Gasteiger partial charge is 0.353 e. The average molecular weight is 344 g/mol. The molecule has 0 aliphatic rings. The zero-order valence-corrected chi connectivity index (χ0v) is 12.8. The quantitative estimate of drug-likeness (QED) is 0.459. The molecule has 9 nitrogen and oxygen atoms in total. The fourth-order valence-corrected chi connectivity index (χ4v) is 2.07. The number of rotatable bonds is 6. The van der Waals surface area contributed by atoms with Crippen molar-refractivity contribution in [2.75, 3.05) is 16.4 Å². The van der Waals surface area contributed by atoms with Crippen molar-refractivity contribution in [1.29, 1.82) is 0 Å². The number of aromatic nitrogens is 2. The van der Waals surface area contributed by atoms with Gasteiger partial charge in [0.05, 0.1) is 17.7 Å². The third kappa shape index (κ3) is 3.80. The van der Waals surface area contributed by atoms with E-state index in [2.05, 4.69) is 20.6 Å². The van der Waals surface area contributed by atoms with Gasteiger partial charge in [0, 0.05) is 5.69 Å². The third-order valence-corrected chi connectivity index (χ3v) is 3.20. The van der Waals surface area contributed by atoms with Crippen molar-refractivity contribution in [3.8, 4) is 0 Å². The molecule has 0 bridgehead atoms. The summed E-state index contributed by atoms with van der Waals surface area (Å²) in [5.41, 5.74) is 5.64. The van der Waals surface area contributed by atoms with Crippen LogP contribution in [0.25, 0.3) is 0 Å². The van der Waals surface area contributed by atoms with Gasteiger partial charge in [0.15, 0.2) is 0 Å². The van der Waals surface area contributed by atoms with Gasteiger partial charge in [-0.1, -0.05) is 0 Å². The van der Waals surface area contributed by atoms with Gasteiger partial charge in [0.25, 0.3) is 0 Å². The second kappa shape index (κ2) is 6.83. The van der Waals surface area contributed by atoms with Gasteiger partial charge in [-0.2, -0.15) is 9.97 Å². The molecule has 0 unspecified atom stereocenters. The van der Waals surface area contributed by atoms with Crippen molar-refractivity contribution in [3.63, 3.8) is 0 Å². The number of nitrogens with two attached hydrogens (primary N) is 1. The number of nitrogens with zero attached hydrogens (tertiary/aromatic N) is 3. The molecule has 10 heteroatoms. The van der Waals surface area contributed by atoms with Crippen LogP contribution in [0.4, 0.5) is 33.3 Å². The molecule has 3 rings (SSSR count). The van der Waals surface area contributed by atoms with Gasteiger partial charge in [-0.15, -0.1) is 0 Å². The molecule has 0 radical (unpaired) electrons. The van der Waals surface area contributed by atoms with Gasteiger partial charge >= 0.3 is 5.69 Å². The lowest BCUT2D eigenvalue weighted by atomic mass is 10.3. The number of nitro groups is 1. The molecule has 2 heterocycles. The summed E-state index contributed by atoms with van der Waals surface area (Å²) in [6.07, 6.45) is 1.52. The topological polar surface area (TPSA) is 132 Å². The first kappa shape index (κ1) is 16.2. The van der Waals surface area contributed by atoms with E-state index in [-0.39, 0.29) is 24.1 Å². The Hall–Kier alpha value is -3.69. The van der Waals surface area contributed by atoms with Gasteiger partial charge < -0.3 is 20.8 Å². The van der Waals surface area contributed by atoms with E-state index >= 15 is 0 Å². The van der Waals surface area contributed by atoms with Crippen molar-refractivity contribution in [2.24, 2.45) is 0 Å². The van der Waals surface area contributed by atoms with E-state index in [1.807, 2.05) is 0 Å². The molecule has 3 aromatic rings. The molecule has 0 aliphatic carbocycles. The Morgan fingerprint density at radius 1 is 1.24 bits per heavy atom. The highest BCUT2D eigenvalue weighted by atomic mass is 19.1. The summed E-state index contributed by atoms with van der Waals surface area (Å²) in [5.74, 6) is -0.113. The average Bonchev–Trinajstić information content (AvgIpc) is 3.08. The van der Waals surface area contributed by atoms with Crippen molar-refractivity contribution >= 4 is 29.0 Å². The number of anilines is 4. The Balaban J connectivity index is 1.89. The maximum atomic E-state index is 13.0. The Labute approximate surface area is 140 Å². The van der Waals surface area contributed by atoms with Gasteiger partial charge in [-0.25, -0.2) is 4.39 Å². The summed E-state index contributed by atoms with van der Waals surface area (Å²) in [6.45, 7) is 0.278. The minimum absolute atomic E-state index is 0.0871. The number of hydrogen-bond acceptors (Lipinski definition) is 8. The maximum Gasteiger partial charge on any atom is 0.353 e. The molecule has 4 N–H and O–H groups in total. The van der Waals surface area contributed by atoms with E-state index in [9.17, 15) is 14.5 Å². The molecule has 0 fully saturated rings. The molecule has 0 amide bonds. The van der Waals surface area contributed by atoms with Crippen LogP contribution in [0.1, 0.15) is 5.76 Å². The van der Waals surface area contributed by atoms with Gasteiger partial charge in [-0.05, 0) is 36.4 Å². The van der Waals surface area contributed by atoms with Crippen LogP contribution >= 0.6 is 0 Å². The van der Waals surface area contributed by atoms with Crippen molar-refractivity contribution in [2.45, 2.75) is 6.54 Å². The van der Waals surface area contributed by atoms with Gasteiger partial charge in [0.2, 0.25) is 17.6 Å². The first-order valence-corrected chi connectivity index (χ1v) is 7.13. The molecular formula is C15H13FN6O3. The lowest BCUT2D eigenvalue weighted by Gasteiger charge is -2.10. The summed E-state index contributed by atoms with van der Waals surface area (Å²) < 4.78 is 18.2. The molecular weight excluding hydrogens is 331 g/mol. The zero-order chi connectivity index (χ0) is 17.8. The van der Waals surface area contributed by atoms with Crippen LogP contribution in [-0.2, 0) is 6.54 Å². The maximum absolute atomic E-state index is 13.0. The highest BCUT2D eigenvalue weighted by Crippen LogP contribution is 2.31. The predicted molar refractivity (Wildman–Crippen MR) is 88.8 cm³/mol. The van der Waals surface area contributed by atoms with E-state index in [1.165, 1.54) is 30.5 Å². The largest absolute Gasteiger partial charge is 0.467 e. The number of nitrogens with one attached hydrogen (secondary N) is 2. The fraction of sp³-hybridized carbons (Fsp3) is 0.0667. The second-order valence-electron chi connectivity index (χ2n) is 4.95. The normalized spacial score (nSPS) is 10.4. The van der Waals surface area contributed by atoms with E-state index in [0.29, 0.717) is 11.4 Å². The molecule has 2 aromatic heterocycles. The summed E-state index contributed by atoms with van der Waals surface area (Å²) in [6, 6.07) is 8.76. The lowest BCUT2D eigenvalue weighted by Crippen LogP contribution is -2.10. The first-order valence-electron chi connectivity index (χ1n) is 7.13. The van der Waals surface area contributed by atoms with E-state index in [1.54, 1.807) is 12.1 Å². The monoisotopic (exact) mass is 344 g/mol. The fourth-order valence-electron chi connectivity index (χ4n) is 2.07. The number of nitrogen functional groups attached to an aromatic ring is 1. The van der Waals surface area contributed by atoms with Crippen LogP contribution in [0.2, 0.25) is 0 Å². The third-order valence-electron chi connectivity index (χ3n) is 3.20. The zero-order valence-electron chi connectivity index (χ0n) is 12.8. The number of halogens is 1. The van der Waals surface area contributed by atoms with Crippen LogP contribution in [-0.4, -0.2) is 14.9 Å². The van der Waals surface area contributed by atoms with Crippen LogP contribution in [0, 0.1) is 15.9 Å². The Morgan fingerprint density at radius 2 is 2.00 bits per heavy atom. The van der Waals surface area contributed by atoms with Crippen LogP contribution in [0.15, 0.2) is 47.1 Å². The lowest BCUT2D eigenvalue weighted by molar-refractivity contribution is -0.383. The Bertz CT molecular complexity index is 883. The second-order valence-corrected chi connectivity index (χ2v) is 4.95.